The predicted molar refractivity (Wildman–Crippen MR) is 119 cm³/mol. The third-order valence-electron chi connectivity index (χ3n) is 4.92. The summed E-state index contributed by atoms with van der Waals surface area (Å²) in [5.41, 5.74) is 1.82. The second-order valence-corrected chi connectivity index (χ2v) is 7.00. The molecule has 162 valence electrons. The van der Waals surface area contributed by atoms with E-state index in [9.17, 15) is 9.59 Å². The highest BCUT2D eigenvalue weighted by Crippen LogP contribution is 2.37. The minimum atomic E-state index is -0.935. The van der Waals surface area contributed by atoms with E-state index in [1.807, 2.05) is 42.5 Å². The molecule has 1 aliphatic rings. The summed E-state index contributed by atoms with van der Waals surface area (Å²) in [6.07, 6.45) is 0.711. The molecule has 0 bridgehead atoms. The number of allylic oxidation sites excluding steroid dienone is 1. The van der Waals surface area contributed by atoms with Crippen molar-refractivity contribution in [2.24, 2.45) is 0 Å². The average Bonchev–Trinajstić information content (AvgIpc) is 3.13. The summed E-state index contributed by atoms with van der Waals surface area (Å²) in [7, 11) is 1.57. The Morgan fingerprint density at radius 2 is 1.78 bits per heavy atom. The van der Waals surface area contributed by atoms with Crippen LogP contribution < -0.4 is 14.2 Å². The van der Waals surface area contributed by atoms with Gasteiger partial charge in [-0.05, 0) is 31.2 Å². The normalized spacial score (nSPS) is 14.4. The number of hydrogen-bond acceptors (Lipinski definition) is 6. The maximum atomic E-state index is 12.8. The average molecular weight is 430 g/mol. The smallest absolute Gasteiger partial charge is 0.352 e. The SMILES string of the molecule is CCOC(=O)C(Oc1ccc2c(c1)OC(=Cc1ccccc1OC)C2=O)c1ccccc1. The zero-order valence-electron chi connectivity index (χ0n) is 17.7. The topological polar surface area (TPSA) is 71.1 Å². The molecule has 0 amide bonds. The second-order valence-electron chi connectivity index (χ2n) is 7.00. The van der Waals surface area contributed by atoms with Gasteiger partial charge >= 0.3 is 5.97 Å². The number of Topliss-reactive ketones (excluding diaryl/α,β-unsaturated/α-hetero) is 1. The van der Waals surface area contributed by atoms with E-state index >= 15 is 0 Å². The quantitative estimate of drug-likeness (QED) is 0.388. The zero-order chi connectivity index (χ0) is 22.5. The fraction of sp³-hybridized carbons (Fsp3) is 0.154. The predicted octanol–water partition coefficient (Wildman–Crippen LogP) is 4.99. The first-order valence-corrected chi connectivity index (χ1v) is 10.2. The number of ether oxygens (including phenoxy) is 4. The van der Waals surface area contributed by atoms with Gasteiger partial charge in [-0.3, -0.25) is 4.79 Å². The highest BCUT2D eigenvalue weighted by molar-refractivity contribution is 6.14. The van der Waals surface area contributed by atoms with Crippen LogP contribution in [0.15, 0.2) is 78.6 Å². The van der Waals surface area contributed by atoms with E-state index in [2.05, 4.69) is 0 Å². The minimum Gasteiger partial charge on any atom is -0.496 e. The molecule has 0 saturated carbocycles. The molecule has 3 aromatic rings. The maximum Gasteiger partial charge on any atom is 0.352 e. The Balaban J connectivity index is 1.60. The first kappa shape index (κ1) is 21.2. The lowest BCUT2D eigenvalue weighted by molar-refractivity contribution is -0.151. The van der Waals surface area contributed by atoms with Crippen LogP contribution in [0.2, 0.25) is 0 Å². The second kappa shape index (κ2) is 9.39. The molecule has 6 nitrogen and oxygen atoms in total. The molecule has 1 heterocycles. The van der Waals surface area contributed by atoms with Gasteiger partial charge in [0, 0.05) is 17.2 Å². The van der Waals surface area contributed by atoms with Crippen molar-refractivity contribution in [3.05, 3.63) is 95.2 Å². The number of fused-ring (bicyclic) bond motifs is 1. The summed E-state index contributed by atoms with van der Waals surface area (Å²) in [6.45, 7) is 1.98. The van der Waals surface area contributed by atoms with Crippen LogP contribution in [0.5, 0.6) is 17.2 Å². The van der Waals surface area contributed by atoms with Crippen molar-refractivity contribution < 1.29 is 28.5 Å². The third-order valence-corrected chi connectivity index (χ3v) is 4.92. The van der Waals surface area contributed by atoms with Gasteiger partial charge in [-0.15, -0.1) is 0 Å². The number of hydrogen-bond donors (Lipinski definition) is 0. The van der Waals surface area contributed by atoms with Crippen molar-refractivity contribution in [1.29, 1.82) is 0 Å². The van der Waals surface area contributed by atoms with Crippen LogP contribution in [-0.2, 0) is 9.53 Å². The fourth-order valence-electron chi connectivity index (χ4n) is 3.40. The standard InChI is InChI=1S/C26H22O6/c1-3-30-26(28)25(17-9-5-4-6-10-17)31-19-13-14-20-22(16-19)32-23(24(20)27)15-18-11-7-8-12-21(18)29-2/h4-16,25H,3H2,1-2H3. The Hall–Kier alpha value is -4.06. The van der Waals surface area contributed by atoms with Gasteiger partial charge in [-0.1, -0.05) is 48.5 Å². The van der Waals surface area contributed by atoms with Crippen LogP contribution in [0.1, 0.15) is 34.5 Å². The molecule has 1 unspecified atom stereocenters. The first-order valence-electron chi connectivity index (χ1n) is 10.2. The van der Waals surface area contributed by atoms with E-state index in [4.69, 9.17) is 18.9 Å². The van der Waals surface area contributed by atoms with Crippen molar-refractivity contribution in [1.82, 2.24) is 0 Å². The number of benzene rings is 3. The van der Waals surface area contributed by atoms with E-state index in [0.717, 1.165) is 5.56 Å². The maximum absolute atomic E-state index is 12.8. The number of carbonyl (C=O) groups is 2. The summed E-state index contributed by atoms with van der Waals surface area (Å²) < 4.78 is 22.3. The molecule has 32 heavy (non-hydrogen) atoms. The Bertz CT molecular complexity index is 1170. The van der Waals surface area contributed by atoms with Gasteiger partial charge in [0.2, 0.25) is 11.9 Å². The lowest BCUT2D eigenvalue weighted by atomic mass is 10.1. The van der Waals surface area contributed by atoms with Gasteiger partial charge < -0.3 is 18.9 Å². The zero-order valence-corrected chi connectivity index (χ0v) is 17.7. The first-order chi connectivity index (χ1) is 15.6. The molecule has 4 rings (SSSR count). The Morgan fingerprint density at radius 3 is 2.53 bits per heavy atom. The van der Waals surface area contributed by atoms with Gasteiger partial charge in [0.15, 0.2) is 5.76 Å². The van der Waals surface area contributed by atoms with Gasteiger partial charge in [-0.25, -0.2) is 4.79 Å². The van der Waals surface area contributed by atoms with E-state index in [1.165, 1.54) is 0 Å². The molecule has 0 spiro atoms. The largest absolute Gasteiger partial charge is 0.496 e. The lowest BCUT2D eigenvalue weighted by Crippen LogP contribution is -2.21. The molecular formula is C26H22O6. The fourth-order valence-corrected chi connectivity index (χ4v) is 3.40. The minimum absolute atomic E-state index is 0.187. The van der Waals surface area contributed by atoms with Gasteiger partial charge in [0.25, 0.3) is 0 Å². The molecule has 1 aliphatic heterocycles. The molecule has 1 atom stereocenters. The van der Waals surface area contributed by atoms with Crippen molar-refractivity contribution >= 4 is 17.8 Å². The summed E-state index contributed by atoms with van der Waals surface area (Å²) in [6, 6.07) is 21.3. The molecule has 6 heteroatoms. The van der Waals surface area contributed by atoms with Crippen LogP contribution in [0, 0.1) is 0 Å². The molecule has 3 aromatic carbocycles. The third kappa shape index (κ3) is 4.34. The van der Waals surface area contributed by atoms with Crippen LogP contribution in [0.3, 0.4) is 0 Å². The Labute approximate surface area is 186 Å². The number of methoxy groups -OCH3 is 1. The van der Waals surface area contributed by atoms with Crippen molar-refractivity contribution in [2.45, 2.75) is 13.0 Å². The summed E-state index contributed by atoms with van der Waals surface area (Å²) in [4.78, 5) is 25.3. The molecule has 0 aromatic heterocycles. The van der Waals surface area contributed by atoms with Crippen LogP contribution in [0.25, 0.3) is 6.08 Å². The van der Waals surface area contributed by atoms with Gasteiger partial charge in [0.05, 0.1) is 19.3 Å². The van der Waals surface area contributed by atoms with Crippen molar-refractivity contribution in [2.75, 3.05) is 13.7 Å². The number of para-hydroxylation sites is 1. The molecule has 0 aliphatic carbocycles. The van der Waals surface area contributed by atoms with E-state index < -0.39 is 12.1 Å². The summed E-state index contributed by atoms with van der Waals surface area (Å²) in [5, 5.41) is 0. The number of esters is 1. The van der Waals surface area contributed by atoms with Crippen molar-refractivity contribution in [3.63, 3.8) is 0 Å². The van der Waals surface area contributed by atoms with Gasteiger partial charge in [-0.2, -0.15) is 0 Å². The summed E-state index contributed by atoms with van der Waals surface area (Å²) in [5.74, 6) is 0.847. The molecular weight excluding hydrogens is 408 g/mol. The Morgan fingerprint density at radius 1 is 1.03 bits per heavy atom. The van der Waals surface area contributed by atoms with Crippen molar-refractivity contribution in [3.8, 4) is 17.2 Å². The molecule has 0 radical (unpaired) electrons. The monoisotopic (exact) mass is 430 g/mol. The molecule has 0 saturated heterocycles. The number of rotatable bonds is 7. The lowest BCUT2D eigenvalue weighted by Gasteiger charge is -2.18. The van der Waals surface area contributed by atoms with Gasteiger partial charge in [0.1, 0.15) is 17.2 Å². The van der Waals surface area contributed by atoms with Crippen LogP contribution in [-0.4, -0.2) is 25.5 Å². The highest BCUT2D eigenvalue weighted by Gasteiger charge is 2.30. The van der Waals surface area contributed by atoms with E-state index in [-0.39, 0.29) is 18.1 Å². The van der Waals surface area contributed by atoms with Crippen LogP contribution >= 0.6 is 0 Å². The molecule has 0 fully saturated rings. The summed E-state index contributed by atoms with van der Waals surface area (Å²) >= 11 is 0. The number of ketones is 1. The van der Waals surface area contributed by atoms with Crippen LogP contribution in [0.4, 0.5) is 0 Å². The van der Waals surface area contributed by atoms with E-state index in [0.29, 0.717) is 28.4 Å². The number of carbonyl (C=O) groups excluding carboxylic acids is 2. The molecule has 0 N–H and O–H groups in total. The highest BCUT2D eigenvalue weighted by atomic mass is 16.6. The van der Waals surface area contributed by atoms with E-state index in [1.54, 1.807) is 50.4 Å². The Kier molecular flexibility index (Phi) is 6.22.